The van der Waals surface area contributed by atoms with E-state index in [0.29, 0.717) is 12.2 Å². The monoisotopic (exact) mass is 360 g/mol. The summed E-state index contributed by atoms with van der Waals surface area (Å²) < 4.78 is 5.33. The third-order valence-corrected chi connectivity index (χ3v) is 4.80. The molecule has 25 heavy (non-hydrogen) atoms. The predicted molar refractivity (Wildman–Crippen MR) is 101 cm³/mol. The second-order valence-electron chi connectivity index (χ2n) is 6.10. The predicted octanol–water partition coefficient (Wildman–Crippen LogP) is 2.65. The molecule has 0 bridgehead atoms. The fourth-order valence-corrected chi connectivity index (χ4v) is 3.41. The lowest BCUT2D eigenvalue weighted by Crippen LogP contribution is -2.38. The average molecular weight is 360 g/mol. The maximum absolute atomic E-state index is 12.2. The largest absolute Gasteiger partial charge is 0.379 e. The van der Waals surface area contributed by atoms with Crippen LogP contribution in [-0.4, -0.2) is 55.2 Å². The number of aromatic nitrogens is 1. The van der Waals surface area contributed by atoms with Crippen LogP contribution < -0.4 is 10.6 Å². The quantitative estimate of drug-likeness (QED) is 0.743. The number of ether oxygens (including phenoxy) is 1. The zero-order valence-corrected chi connectivity index (χ0v) is 15.3. The summed E-state index contributed by atoms with van der Waals surface area (Å²) in [5.74, 6) is -0.115. The lowest BCUT2D eigenvalue weighted by molar-refractivity contribution is 0.0374. The Labute approximate surface area is 152 Å². The van der Waals surface area contributed by atoms with E-state index < -0.39 is 0 Å². The van der Waals surface area contributed by atoms with E-state index in [-0.39, 0.29) is 5.91 Å². The summed E-state index contributed by atoms with van der Waals surface area (Å²) in [6.45, 7) is 7.27. The number of aryl methyl sites for hydroxylation is 1. The van der Waals surface area contributed by atoms with Gasteiger partial charge in [-0.15, -0.1) is 11.3 Å². The van der Waals surface area contributed by atoms with Crippen LogP contribution in [0.4, 0.5) is 10.8 Å². The number of rotatable bonds is 7. The number of carbonyl (C=O) groups excluding carboxylic acids is 1. The van der Waals surface area contributed by atoms with Gasteiger partial charge in [0.25, 0.3) is 5.91 Å². The van der Waals surface area contributed by atoms with E-state index in [1.54, 1.807) is 5.38 Å². The molecule has 134 valence electrons. The van der Waals surface area contributed by atoms with Crippen molar-refractivity contribution in [3.8, 4) is 0 Å². The topological polar surface area (TPSA) is 66.5 Å². The molecule has 2 N–H and O–H groups in total. The Balaban J connectivity index is 1.42. The Morgan fingerprint density at radius 2 is 2.20 bits per heavy atom. The SMILES string of the molecule is Cc1cccc(Nc2nc(C(=O)NCCCN3CCOCC3)cs2)c1. The van der Waals surface area contributed by atoms with Gasteiger partial charge in [0, 0.05) is 30.7 Å². The van der Waals surface area contributed by atoms with Gasteiger partial charge >= 0.3 is 0 Å². The van der Waals surface area contributed by atoms with Crippen molar-refractivity contribution in [3.05, 3.63) is 40.9 Å². The van der Waals surface area contributed by atoms with Crippen LogP contribution in [0.1, 0.15) is 22.5 Å². The minimum absolute atomic E-state index is 0.115. The number of nitrogens with zero attached hydrogens (tertiary/aromatic N) is 2. The molecule has 7 heteroatoms. The number of hydrogen-bond donors (Lipinski definition) is 2. The first-order valence-electron chi connectivity index (χ1n) is 8.58. The normalized spacial score (nSPS) is 15.1. The summed E-state index contributed by atoms with van der Waals surface area (Å²) in [5, 5.41) is 8.70. The zero-order chi connectivity index (χ0) is 17.5. The molecule has 1 amide bonds. The highest BCUT2D eigenvalue weighted by atomic mass is 32.1. The first-order chi connectivity index (χ1) is 12.2. The molecule has 0 spiro atoms. The highest BCUT2D eigenvalue weighted by molar-refractivity contribution is 7.14. The third kappa shape index (κ3) is 5.52. The molecule has 6 nitrogen and oxygen atoms in total. The minimum Gasteiger partial charge on any atom is -0.379 e. The number of carbonyl (C=O) groups is 1. The number of nitrogens with one attached hydrogen (secondary N) is 2. The van der Waals surface area contributed by atoms with E-state index >= 15 is 0 Å². The highest BCUT2D eigenvalue weighted by Crippen LogP contribution is 2.21. The zero-order valence-electron chi connectivity index (χ0n) is 14.5. The summed E-state index contributed by atoms with van der Waals surface area (Å²) in [7, 11) is 0. The maximum Gasteiger partial charge on any atom is 0.270 e. The summed E-state index contributed by atoms with van der Waals surface area (Å²) >= 11 is 1.44. The fraction of sp³-hybridized carbons (Fsp3) is 0.444. The minimum atomic E-state index is -0.115. The standard InChI is InChI=1S/C18H24N4O2S/c1-14-4-2-5-15(12-14)20-18-21-16(13-25-18)17(23)19-6-3-7-22-8-10-24-11-9-22/h2,4-5,12-13H,3,6-11H2,1H3,(H,19,23)(H,20,21). The number of morpholine rings is 1. The van der Waals surface area contributed by atoms with Crippen LogP contribution in [-0.2, 0) is 4.74 Å². The summed E-state index contributed by atoms with van der Waals surface area (Å²) in [4.78, 5) is 18.9. The first kappa shape index (κ1) is 17.8. The molecule has 1 aliphatic rings. The van der Waals surface area contributed by atoms with Gasteiger partial charge in [-0.1, -0.05) is 12.1 Å². The second-order valence-corrected chi connectivity index (χ2v) is 6.95. The molecule has 0 saturated carbocycles. The molecule has 2 aromatic rings. The molecule has 0 atom stereocenters. The van der Waals surface area contributed by atoms with E-state index in [1.807, 2.05) is 31.2 Å². The molecule has 1 fully saturated rings. The van der Waals surface area contributed by atoms with Crippen LogP contribution >= 0.6 is 11.3 Å². The van der Waals surface area contributed by atoms with Crippen LogP contribution in [0.25, 0.3) is 0 Å². The van der Waals surface area contributed by atoms with Crippen molar-refractivity contribution in [3.63, 3.8) is 0 Å². The van der Waals surface area contributed by atoms with Gasteiger partial charge in [0.15, 0.2) is 5.13 Å². The van der Waals surface area contributed by atoms with Crippen LogP contribution in [0.3, 0.4) is 0 Å². The Bertz CT molecular complexity index is 698. The van der Waals surface area contributed by atoms with E-state index in [9.17, 15) is 4.79 Å². The number of hydrogen-bond acceptors (Lipinski definition) is 6. The number of thiazole rings is 1. The Hall–Kier alpha value is -1.96. The van der Waals surface area contributed by atoms with Crippen molar-refractivity contribution in [2.75, 3.05) is 44.7 Å². The van der Waals surface area contributed by atoms with Crippen molar-refractivity contribution in [2.24, 2.45) is 0 Å². The molecule has 1 aromatic carbocycles. The fourth-order valence-electron chi connectivity index (χ4n) is 2.70. The van der Waals surface area contributed by atoms with Crippen molar-refractivity contribution in [1.29, 1.82) is 0 Å². The Morgan fingerprint density at radius 1 is 1.36 bits per heavy atom. The molecule has 0 aliphatic carbocycles. The summed E-state index contributed by atoms with van der Waals surface area (Å²) in [5.41, 5.74) is 2.62. The van der Waals surface area contributed by atoms with Crippen molar-refractivity contribution >= 4 is 28.1 Å². The van der Waals surface area contributed by atoms with E-state index in [1.165, 1.54) is 16.9 Å². The van der Waals surface area contributed by atoms with E-state index in [4.69, 9.17) is 4.74 Å². The highest BCUT2D eigenvalue weighted by Gasteiger charge is 2.12. The molecule has 0 unspecified atom stereocenters. The van der Waals surface area contributed by atoms with Crippen molar-refractivity contribution in [1.82, 2.24) is 15.2 Å². The van der Waals surface area contributed by atoms with Crippen LogP contribution in [0.5, 0.6) is 0 Å². The summed E-state index contributed by atoms with van der Waals surface area (Å²) in [6, 6.07) is 8.07. The molecule has 1 aromatic heterocycles. The van der Waals surface area contributed by atoms with Gasteiger partial charge in [0.05, 0.1) is 13.2 Å². The first-order valence-corrected chi connectivity index (χ1v) is 9.46. The van der Waals surface area contributed by atoms with Crippen molar-refractivity contribution in [2.45, 2.75) is 13.3 Å². The number of amides is 1. The smallest absolute Gasteiger partial charge is 0.270 e. The second kappa shape index (κ2) is 8.94. The van der Waals surface area contributed by atoms with Crippen LogP contribution in [0.2, 0.25) is 0 Å². The lowest BCUT2D eigenvalue weighted by Gasteiger charge is -2.26. The molecule has 0 radical (unpaired) electrons. The van der Waals surface area contributed by atoms with Gasteiger partial charge in [-0.05, 0) is 37.6 Å². The van der Waals surface area contributed by atoms with Gasteiger partial charge in [-0.2, -0.15) is 0 Å². The molecule has 1 aliphatic heterocycles. The van der Waals surface area contributed by atoms with Gasteiger partial charge in [-0.3, -0.25) is 9.69 Å². The van der Waals surface area contributed by atoms with Gasteiger partial charge in [-0.25, -0.2) is 4.98 Å². The lowest BCUT2D eigenvalue weighted by atomic mass is 10.2. The van der Waals surface area contributed by atoms with Crippen molar-refractivity contribution < 1.29 is 9.53 Å². The average Bonchev–Trinajstić information content (AvgIpc) is 3.08. The number of anilines is 2. The maximum atomic E-state index is 12.2. The molecule has 3 rings (SSSR count). The summed E-state index contributed by atoms with van der Waals surface area (Å²) in [6.07, 6.45) is 0.935. The van der Waals surface area contributed by atoms with Crippen LogP contribution in [0, 0.1) is 6.92 Å². The Kier molecular flexibility index (Phi) is 6.38. The molecule has 1 saturated heterocycles. The molecular weight excluding hydrogens is 336 g/mol. The Morgan fingerprint density at radius 3 is 3.00 bits per heavy atom. The molecular formula is C18H24N4O2S. The third-order valence-electron chi connectivity index (χ3n) is 4.05. The van der Waals surface area contributed by atoms with E-state index in [0.717, 1.165) is 50.1 Å². The van der Waals surface area contributed by atoms with Gasteiger partial charge < -0.3 is 15.4 Å². The number of benzene rings is 1. The van der Waals surface area contributed by atoms with Crippen LogP contribution in [0.15, 0.2) is 29.6 Å². The molecule has 2 heterocycles. The van der Waals surface area contributed by atoms with E-state index in [2.05, 4.69) is 20.5 Å². The van der Waals surface area contributed by atoms with Gasteiger partial charge in [0.1, 0.15) is 5.69 Å². The van der Waals surface area contributed by atoms with Gasteiger partial charge in [0.2, 0.25) is 0 Å².